The van der Waals surface area contributed by atoms with Crippen LogP contribution in [0.5, 0.6) is 0 Å². The summed E-state index contributed by atoms with van der Waals surface area (Å²) >= 11 is 5.68. The summed E-state index contributed by atoms with van der Waals surface area (Å²) < 4.78 is 43.2. The summed E-state index contributed by atoms with van der Waals surface area (Å²) in [5, 5.41) is 12.0. The molecule has 23 heavy (non-hydrogen) atoms. The number of carbonyl (C=O) groups excluding carboxylic acids is 2. The maximum absolute atomic E-state index is 13.0. The maximum Gasteiger partial charge on any atom is 0.437 e. The highest BCUT2D eigenvalue weighted by molar-refractivity contribution is 6.34. The molecule has 0 saturated carbocycles. The predicted molar refractivity (Wildman–Crippen MR) is 73.0 cm³/mol. The van der Waals surface area contributed by atoms with Crippen LogP contribution in [-0.2, 0) is 14.3 Å². The maximum atomic E-state index is 13.0. The molecule has 0 bridgehead atoms. The quantitative estimate of drug-likeness (QED) is 0.509. The van der Waals surface area contributed by atoms with E-state index in [1.54, 1.807) is 0 Å². The van der Waals surface area contributed by atoms with Gasteiger partial charge in [-0.2, -0.15) is 13.2 Å². The van der Waals surface area contributed by atoms with Crippen molar-refractivity contribution in [2.75, 3.05) is 5.32 Å². The zero-order valence-corrected chi connectivity index (χ0v) is 12.5. The van der Waals surface area contributed by atoms with Gasteiger partial charge in [0, 0.05) is 19.1 Å². The Bertz CT molecular complexity index is 665. The van der Waals surface area contributed by atoms with Gasteiger partial charge in [-0.05, 0) is 13.0 Å². The van der Waals surface area contributed by atoms with E-state index in [-0.39, 0.29) is 10.7 Å². The molecule has 1 aromatic rings. The first kappa shape index (κ1) is 18.7. The third kappa shape index (κ3) is 4.09. The largest absolute Gasteiger partial charge is 0.439 e. The van der Waals surface area contributed by atoms with Crippen molar-refractivity contribution < 1.29 is 32.4 Å². The number of rotatable bonds is 4. The minimum absolute atomic E-state index is 0.301. The molecule has 7 nitrogen and oxygen atoms in total. The Hall–Kier alpha value is -2.36. The molecule has 126 valence electrons. The summed E-state index contributed by atoms with van der Waals surface area (Å²) in [6.45, 7) is 1.10. The number of anilines is 1. The van der Waals surface area contributed by atoms with Crippen LogP contribution in [0.2, 0.25) is 5.02 Å². The van der Waals surface area contributed by atoms with Gasteiger partial charge in [0.15, 0.2) is 0 Å². The van der Waals surface area contributed by atoms with Crippen molar-refractivity contribution in [1.29, 1.82) is 0 Å². The summed E-state index contributed by atoms with van der Waals surface area (Å²) in [5.74, 6) is -3.01. The third-order valence-corrected chi connectivity index (χ3v) is 3.05. The fourth-order valence-electron chi connectivity index (χ4n) is 1.48. The lowest BCUT2D eigenvalue weighted by atomic mass is 10.0. The molecule has 0 aliphatic heterocycles. The van der Waals surface area contributed by atoms with E-state index >= 15 is 0 Å². The number of carbonyl (C=O) groups is 2. The lowest BCUT2D eigenvalue weighted by Crippen LogP contribution is -2.55. The molecule has 0 saturated heterocycles. The second-order valence-electron chi connectivity index (χ2n) is 4.50. The molecule has 0 unspecified atom stereocenters. The molecular weight excluding hydrogens is 345 g/mol. The number of amides is 1. The first-order valence-corrected chi connectivity index (χ1v) is 6.28. The monoisotopic (exact) mass is 354 g/mol. The summed E-state index contributed by atoms with van der Waals surface area (Å²) in [5.41, 5.74) is -4.15. The molecule has 1 aromatic carbocycles. The summed E-state index contributed by atoms with van der Waals surface area (Å²) in [6, 6.07) is 2.76. The van der Waals surface area contributed by atoms with Crippen molar-refractivity contribution in [2.45, 2.75) is 25.6 Å². The fraction of sp³-hybridized carbons (Fsp3) is 0.333. The lowest BCUT2D eigenvalue weighted by molar-refractivity contribution is -0.384. The number of halogens is 4. The average Bonchev–Trinajstić information content (AvgIpc) is 2.38. The van der Waals surface area contributed by atoms with Crippen LogP contribution in [0.1, 0.15) is 13.8 Å². The highest BCUT2D eigenvalue weighted by Crippen LogP contribution is 2.36. The van der Waals surface area contributed by atoms with Crippen molar-refractivity contribution in [3.63, 3.8) is 0 Å². The fourth-order valence-corrected chi connectivity index (χ4v) is 1.70. The molecule has 0 heterocycles. The number of nitrogens with one attached hydrogen (secondary N) is 1. The van der Waals surface area contributed by atoms with E-state index in [0.717, 1.165) is 25.1 Å². The molecule has 0 radical (unpaired) electrons. The molecule has 11 heteroatoms. The van der Waals surface area contributed by atoms with Gasteiger partial charge in [0.25, 0.3) is 17.2 Å². The van der Waals surface area contributed by atoms with Gasteiger partial charge in [-0.3, -0.25) is 19.7 Å². The Kier molecular flexibility index (Phi) is 5.20. The third-order valence-electron chi connectivity index (χ3n) is 2.73. The number of alkyl halides is 3. The number of hydrogen-bond donors (Lipinski definition) is 1. The van der Waals surface area contributed by atoms with Crippen LogP contribution in [0.3, 0.4) is 0 Å². The molecule has 1 amide bonds. The number of nitrogens with zero attached hydrogens (tertiary/aromatic N) is 1. The van der Waals surface area contributed by atoms with E-state index in [2.05, 4.69) is 4.74 Å². The zero-order chi connectivity index (χ0) is 18.0. The van der Waals surface area contributed by atoms with Gasteiger partial charge in [-0.25, -0.2) is 0 Å². The van der Waals surface area contributed by atoms with Gasteiger partial charge in [-0.15, -0.1) is 0 Å². The zero-order valence-electron chi connectivity index (χ0n) is 11.7. The van der Waals surface area contributed by atoms with Crippen molar-refractivity contribution in [1.82, 2.24) is 0 Å². The number of nitro groups is 1. The van der Waals surface area contributed by atoms with Gasteiger partial charge in [0.05, 0.1) is 15.6 Å². The van der Waals surface area contributed by atoms with Gasteiger partial charge in [-0.1, -0.05) is 11.6 Å². The number of hydrogen-bond acceptors (Lipinski definition) is 5. The second-order valence-corrected chi connectivity index (χ2v) is 4.91. The van der Waals surface area contributed by atoms with Crippen molar-refractivity contribution in [2.24, 2.45) is 0 Å². The summed E-state index contributed by atoms with van der Waals surface area (Å²) in [7, 11) is 0. The van der Waals surface area contributed by atoms with Gasteiger partial charge in [0.1, 0.15) is 0 Å². The lowest BCUT2D eigenvalue weighted by Gasteiger charge is -2.29. The Morgan fingerprint density at radius 2 is 1.91 bits per heavy atom. The predicted octanol–water partition coefficient (Wildman–Crippen LogP) is 3.07. The average molecular weight is 355 g/mol. The van der Waals surface area contributed by atoms with E-state index in [0.29, 0.717) is 6.92 Å². The smallest absolute Gasteiger partial charge is 0.437 e. The van der Waals surface area contributed by atoms with Crippen molar-refractivity contribution in [3.05, 3.63) is 33.3 Å². The normalized spacial score (nSPS) is 13.8. The molecule has 0 fully saturated rings. The number of non-ortho nitro benzene ring substituents is 1. The molecule has 1 N–H and O–H groups in total. The van der Waals surface area contributed by atoms with Gasteiger partial charge >= 0.3 is 12.1 Å². The van der Waals surface area contributed by atoms with Crippen LogP contribution in [0, 0.1) is 10.1 Å². The molecule has 1 rings (SSSR count). The molecular formula is C12H10ClF3N2O5. The van der Waals surface area contributed by atoms with Crippen LogP contribution in [0.4, 0.5) is 24.5 Å². The Balaban J connectivity index is 3.13. The van der Waals surface area contributed by atoms with Crippen LogP contribution >= 0.6 is 11.6 Å². The number of benzene rings is 1. The molecule has 0 aliphatic carbocycles. The molecule has 1 atom stereocenters. The minimum atomic E-state index is -5.18. The Labute approximate surface area is 132 Å². The summed E-state index contributed by atoms with van der Waals surface area (Å²) in [4.78, 5) is 32.5. The molecule has 0 aliphatic rings. The number of ether oxygens (including phenoxy) is 1. The van der Waals surface area contributed by atoms with E-state index in [9.17, 15) is 32.9 Å². The standard InChI is InChI=1S/C12H10ClF3N2O5/c1-6(19)23-11(2,12(14,15)16)10(20)17-9-4-3-7(18(21)22)5-8(9)13/h3-5H,1-2H3,(H,17,20)/t11-/m1/s1. The van der Waals surface area contributed by atoms with Crippen LogP contribution in [-0.4, -0.2) is 28.6 Å². The highest BCUT2D eigenvalue weighted by atomic mass is 35.5. The van der Waals surface area contributed by atoms with Gasteiger partial charge in [0.2, 0.25) is 0 Å². The van der Waals surface area contributed by atoms with Crippen LogP contribution in [0.15, 0.2) is 18.2 Å². The molecule has 0 spiro atoms. The van der Waals surface area contributed by atoms with E-state index in [1.165, 1.54) is 0 Å². The Morgan fingerprint density at radius 1 is 1.35 bits per heavy atom. The highest BCUT2D eigenvalue weighted by Gasteiger charge is 2.60. The summed E-state index contributed by atoms with van der Waals surface area (Å²) in [6.07, 6.45) is -5.18. The minimum Gasteiger partial charge on any atom is -0.439 e. The first-order valence-electron chi connectivity index (χ1n) is 5.90. The van der Waals surface area contributed by atoms with Crippen LogP contribution in [0.25, 0.3) is 0 Å². The molecule has 0 aromatic heterocycles. The topological polar surface area (TPSA) is 98.5 Å². The Morgan fingerprint density at radius 3 is 2.30 bits per heavy atom. The van der Waals surface area contributed by atoms with E-state index < -0.39 is 34.3 Å². The SMILES string of the molecule is CC(=O)O[C@](C)(C(=O)Nc1ccc([N+](=O)[O-])cc1Cl)C(F)(F)F. The van der Waals surface area contributed by atoms with Crippen molar-refractivity contribution >= 4 is 34.9 Å². The number of nitro benzene ring substituents is 1. The van der Waals surface area contributed by atoms with Crippen LogP contribution < -0.4 is 5.32 Å². The van der Waals surface area contributed by atoms with E-state index in [4.69, 9.17) is 11.6 Å². The number of esters is 1. The first-order chi connectivity index (χ1) is 10.4. The second kappa shape index (κ2) is 6.41. The van der Waals surface area contributed by atoms with Gasteiger partial charge < -0.3 is 10.1 Å². The van der Waals surface area contributed by atoms with Crippen molar-refractivity contribution in [3.8, 4) is 0 Å². The van der Waals surface area contributed by atoms with E-state index in [1.807, 2.05) is 5.32 Å².